The summed E-state index contributed by atoms with van der Waals surface area (Å²) in [5.41, 5.74) is 2.41. The Labute approximate surface area is 329 Å². The number of fused-ring (bicyclic) bond motifs is 5. The molecule has 2 saturated heterocycles. The lowest BCUT2D eigenvalue weighted by Crippen LogP contribution is -2.49. The third kappa shape index (κ3) is 5.05. The summed E-state index contributed by atoms with van der Waals surface area (Å²) < 4.78 is 2.58. The van der Waals surface area contributed by atoms with Crippen molar-refractivity contribution in [3.05, 3.63) is 105 Å². The predicted molar refractivity (Wildman–Crippen MR) is 210 cm³/mol. The fourth-order valence-corrected chi connectivity index (χ4v) is 11.2. The van der Waals surface area contributed by atoms with Crippen LogP contribution in [0.2, 0.25) is 10.0 Å². The average Bonchev–Trinajstić information content (AvgIpc) is 3.82. The number of Topliss-reactive ketones (excluding diaryl/α,β-unsaturated/α-hetero) is 1. The number of hydrogen-bond donors (Lipinski definition) is 1. The molecule has 0 spiro atoms. The van der Waals surface area contributed by atoms with Crippen molar-refractivity contribution in [2.24, 2.45) is 36.1 Å². The number of benzene rings is 3. The summed E-state index contributed by atoms with van der Waals surface area (Å²) in [7, 11) is 1.70. The van der Waals surface area contributed by atoms with E-state index in [0.717, 1.165) is 26.1 Å². The molecule has 10 nitrogen and oxygen atoms in total. The number of allylic oxidation sites excluding steroid dienone is 2. The van der Waals surface area contributed by atoms with Crippen LogP contribution in [-0.2, 0) is 26.2 Å². The summed E-state index contributed by atoms with van der Waals surface area (Å²) >= 11 is 14.7. The first-order chi connectivity index (χ1) is 26.2. The molecule has 0 radical (unpaired) electrons. The van der Waals surface area contributed by atoms with Crippen molar-refractivity contribution in [3.63, 3.8) is 0 Å². The molecule has 3 fully saturated rings. The van der Waals surface area contributed by atoms with Gasteiger partial charge in [-0.05, 0) is 111 Å². The van der Waals surface area contributed by atoms with Gasteiger partial charge in [0.2, 0.25) is 23.6 Å². The minimum atomic E-state index is -1.34. The van der Waals surface area contributed by atoms with Crippen molar-refractivity contribution in [1.82, 2.24) is 9.78 Å². The first-order valence-electron chi connectivity index (χ1n) is 18.0. The number of halogens is 2. The normalized spacial score (nSPS) is 26.1. The lowest BCUT2D eigenvalue weighted by atomic mass is 9.51. The molecule has 4 amide bonds. The fraction of sp³-hybridized carbons (Fsp3) is 0.286. The number of carbonyl (C=O) groups excluding carboxylic acids is 5. The van der Waals surface area contributed by atoms with Gasteiger partial charge in [-0.2, -0.15) is 5.10 Å². The molecule has 9 rings (SSSR count). The molecule has 13 heteroatoms. The number of nitrogens with zero attached hydrogens (tertiary/aromatic N) is 4. The van der Waals surface area contributed by atoms with Crippen LogP contribution in [0.5, 0.6) is 5.75 Å². The number of carbonyl (C=O) groups is 5. The van der Waals surface area contributed by atoms with Crippen LogP contribution in [0.15, 0.2) is 78.4 Å². The second kappa shape index (κ2) is 12.5. The molecule has 6 atom stereocenters. The van der Waals surface area contributed by atoms with Crippen molar-refractivity contribution in [1.29, 1.82) is 0 Å². The number of aromatic nitrogens is 2. The van der Waals surface area contributed by atoms with Crippen LogP contribution in [0.1, 0.15) is 54.1 Å². The van der Waals surface area contributed by atoms with Crippen LogP contribution in [0, 0.1) is 36.0 Å². The van der Waals surface area contributed by atoms with E-state index in [-0.39, 0.29) is 41.2 Å². The van der Waals surface area contributed by atoms with Gasteiger partial charge in [-0.15, -0.1) is 11.3 Å². The highest BCUT2D eigenvalue weighted by atomic mass is 35.5. The first kappa shape index (κ1) is 35.6. The molecule has 2 aliphatic carbocycles. The lowest BCUT2D eigenvalue weighted by Gasteiger charge is -2.49. The van der Waals surface area contributed by atoms with Crippen molar-refractivity contribution < 1.29 is 29.1 Å². The van der Waals surface area contributed by atoms with Crippen molar-refractivity contribution in [2.45, 2.75) is 39.5 Å². The molecule has 0 bridgehead atoms. The maximum absolute atomic E-state index is 15.1. The van der Waals surface area contributed by atoms with Crippen molar-refractivity contribution >= 4 is 85.5 Å². The molecule has 1 saturated carbocycles. The zero-order chi connectivity index (χ0) is 38.8. The van der Waals surface area contributed by atoms with Crippen LogP contribution in [0.4, 0.5) is 11.5 Å². The van der Waals surface area contributed by atoms with E-state index >= 15 is 4.79 Å². The van der Waals surface area contributed by atoms with Gasteiger partial charge in [0.15, 0.2) is 5.78 Å². The Hall–Kier alpha value is -5.10. The number of aromatic hydroxyl groups is 1. The third-order valence-electron chi connectivity index (χ3n) is 12.3. The summed E-state index contributed by atoms with van der Waals surface area (Å²) in [5, 5.41) is 17.0. The average molecular weight is 794 g/mol. The van der Waals surface area contributed by atoms with E-state index < -0.39 is 46.8 Å². The summed E-state index contributed by atoms with van der Waals surface area (Å²) in [6.07, 6.45) is 2.37. The third-order valence-corrected chi connectivity index (χ3v) is 14.2. The molecule has 2 aliphatic heterocycles. The van der Waals surface area contributed by atoms with Gasteiger partial charge in [0.05, 0.1) is 33.7 Å². The predicted octanol–water partition coefficient (Wildman–Crippen LogP) is 8.26. The maximum Gasteiger partial charge on any atom is 0.242 e. The number of thiophene rings is 1. The summed E-state index contributed by atoms with van der Waals surface area (Å²) in [6, 6.07) is 18.4. The number of anilines is 2. The van der Waals surface area contributed by atoms with E-state index in [4.69, 9.17) is 28.3 Å². The topological polar surface area (TPSA) is 130 Å². The van der Waals surface area contributed by atoms with Crippen LogP contribution >= 0.6 is 34.5 Å². The summed E-state index contributed by atoms with van der Waals surface area (Å²) in [4.78, 5) is 73.7. The number of phenolic OH excluding ortho intramolecular Hbond substituents is 1. The van der Waals surface area contributed by atoms with E-state index in [2.05, 4.69) is 0 Å². The number of ketones is 1. The number of hydrogen-bond acceptors (Lipinski definition) is 8. The largest absolute Gasteiger partial charge is 0.508 e. The fourth-order valence-electron chi connectivity index (χ4n) is 9.64. The Balaban J connectivity index is 1.14. The van der Waals surface area contributed by atoms with Crippen LogP contribution < -0.4 is 9.80 Å². The Bertz CT molecular complexity index is 2590. The van der Waals surface area contributed by atoms with E-state index in [1.54, 1.807) is 66.4 Å². The molecule has 4 heterocycles. The Morgan fingerprint density at radius 3 is 2.38 bits per heavy atom. The molecule has 2 aromatic heterocycles. The Morgan fingerprint density at radius 1 is 0.927 bits per heavy atom. The Morgan fingerprint density at radius 2 is 1.67 bits per heavy atom. The highest BCUT2D eigenvalue weighted by Gasteiger charge is 2.68. The molecule has 4 aliphatic rings. The van der Waals surface area contributed by atoms with Gasteiger partial charge in [0.25, 0.3) is 0 Å². The zero-order valence-corrected chi connectivity index (χ0v) is 32.5. The highest BCUT2D eigenvalue weighted by molar-refractivity contribution is 7.22. The zero-order valence-electron chi connectivity index (χ0n) is 30.2. The molecule has 278 valence electrons. The number of amides is 4. The van der Waals surface area contributed by atoms with Crippen LogP contribution in [0.3, 0.4) is 0 Å². The molecule has 5 aromatic rings. The first-order valence-corrected chi connectivity index (χ1v) is 19.6. The van der Waals surface area contributed by atoms with E-state index in [1.807, 2.05) is 31.2 Å². The smallest absolute Gasteiger partial charge is 0.242 e. The molecule has 6 unspecified atom stereocenters. The number of rotatable bonds is 5. The van der Waals surface area contributed by atoms with E-state index in [0.29, 0.717) is 33.3 Å². The van der Waals surface area contributed by atoms with Crippen molar-refractivity contribution in [2.75, 3.05) is 9.80 Å². The SMILES string of the molecule is CC(=O)c1ccc(N2C(=O)C3CC=C4C(CC5C(=O)N(c6cc(-c7sc8ccc(Cl)cc8c7C)nn6C)C(=O)C5(C)C4c4ccc(O)cc4Cl)C3C2=O)cc1. The second-order valence-electron chi connectivity index (χ2n) is 15.2. The minimum absolute atomic E-state index is 0.0554. The molecular formula is C42H34Cl2N4O6S. The highest BCUT2D eigenvalue weighted by Crippen LogP contribution is 2.64. The van der Waals surface area contributed by atoms with Gasteiger partial charge in [-0.3, -0.25) is 33.6 Å². The summed E-state index contributed by atoms with van der Waals surface area (Å²) in [5.74, 6) is -5.09. The van der Waals surface area contributed by atoms with Gasteiger partial charge in [-0.25, -0.2) is 4.90 Å². The van der Waals surface area contributed by atoms with E-state index in [9.17, 15) is 24.3 Å². The second-order valence-corrected chi connectivity index (χ2v) is 17.1. The number of aryl methyl sites for hydroxylation is 2. The molecule has 1 N–H and O–H groups in total. The van der Waals surface area contributed by atoms with Gasteiger partial charge >= 0.3 is 0 Å². The van der Waals surface area contributed by atoms with Crippen LogP contribution in [-0.4, -0.2) is 44.3 Å². The van der Waals surface area contributed by atoms with Gasteiger partial charge in [-0.1, -0.05) is 40.9 Å². The molecular weight excluding hydrogens is 759 g/mol. The number of phenols is 1. The standard InChI is InChI=1S/C42H34Cl2N4O6S/c1-19-28-15-22(43)7-14-33(28)55-37(19)32-18-34(46(4)45-32)48-39(52)30-17-29-25(36(42(30,3)41(48)54)26-11-10-24(50)16-31(26)44)12-13-27-35(29)40(53)47(38(27)51)23-8-5-21(6-9-23)20(2)49/h5-12,14-16,18,27,29-30,35-36,50H,13,17H2,1-4H3. The maximum atomic E-state index is 15.1. The minimum Gasteiger partial charge on any atom is -0.508 e. The van der Waals surface area contributed by atoms with E-state index in [1.165, 1.54) is 28.9 Å². The Kier molecular flexibility index (Phi) is 8.06. The molecule has 55 heavy (non-hydrogen) atoms. The van der Waals surface area contributed by atoms with Gasteiger partial charge in [0.1, 0.15) is 17.3 Å². The monoisotopic (exact) mass is 792 g/mol. The van der Waals surface area contributed by atoms with Crippen molar-refractivity contribution in [3.8, 4) is 16.3 Å². The summed E-state index contributed by atoms with van der Waals surface area (Å²) in [6.45, 7) is 5.23. The van der Waals surface area contributed by atoms with Crippen LogP contribution in [0.25, 0.3) is 20.7 Å². The lowest BCUT2D eigenvalue weighted by molar-refractivity contribution is -0.131. The van der Waals surface area contributed by atoms with Gasteiger partial charge < -0.3 is 5.11 Å². The van der Waals surface area contributed by atoms with Gasteiger partial charge in [0, 0.05) is 39.3 Å². The quantitative estimate of drug-likeness (QED) is 0.108. The molecule has 3 aromatic carbocycles. The number of imide groups is 2.